The maximum Gasteiger partial charge on any atom is 0.251 e. The number of likely N-dealkylation sites (tertiary alicyclic amines) is 1. The Labute approximate surface area is 156 Å². The third-order valence-corrected chi connectivity index (χ3v) is 4.59. The van der Waals surface area contributed by atoms with Gasteiger partial charge in [0.1, 0.15) is 0 Å². The molecule has 1 aromatic rings. The van der Waals surface area contributed by atoms with Gasteiger partial charge >= 0.3 is 0 Å². The molecule has 1 aromatic carbocycles. The van der Waals surface area contributed by atoms with Crippen molar-refractivity contribution in [2.45, 2.75) is 32.4 Å². The Kier molecular flexibility index (Phi) is 7.21. The van der Waals surface area contributed by atoms with E-state index in [4.69, 9.17) is 0 Å². The van der Waals surface area contributed by atoms with Crippen molar-refractivity contribution in [3.05, 3.63) is 42.0 Å². The molecule has 1 saturated heterocycles. The van der Waals surface area contributed by atoms with Crippen molar-refractivity contribution < 1.29 is 9.59 Å². The van der Waals surface area contributed by atoms with Gasteiger partial charge in [-0.15, -0.1) is 0 Å². The fourth-order valence-electron chi connectivity index (χ4n) is 3.21. The zero-order valence-corrected chi connectivity index (χ0v) is 16.2. The summed E-state index contributed by atoms with van der Waals surface area (Å²) >= 11 is 0. The van der Waals surface area contributed by atoms with E-state index in [2.05, 4.69) is 15.5 Å². The van der Waals surface area contributed by atoms with E-state index in [9.17, 15) is 9.59 Å². The van der Waals surface area contributed by atoms with Gasteiger partial charge in [-0.25, -0.2) is 0 Å². The topological polar surface area (TPSA) is 64.7 Å². The first-order valence-corrected chi connectivity index (χ1v) is 9.17. The van der Waals surface area contributed by atoms with Crippen LogP contribution in [0.2, 0.25) is 0 Å². The van der Waals surface area contributed by atoms with E-state index in [1.807, 2.05) is 69.3 Å². The van der Waals surface area contributed by atoms with Gasteiger partial charge in [-0.1, -0.05) is 18.2 Å². The van der Waals surface area contributed by atoms with Gasteiger partial charge in [-0.2, -0.15) is 0 Å². The number of allylic oxidation sites excluding steroid dienone is 1. The van der Waals surface area contributed by atoms with E-state index in [1.54, 1.807) is 0 Å². The lowest BCUT2D eigenvalue weighted by molar-refractivity contribution is -0.125. The molecule has 142 valence electrons. The zero-order chi connectivity index (χ0) is 19.1. The van der Waals surface area contributed by atoms with E-state index in [0.29, 0.717) is 31.6 Å². The third kappa shape index (κ3) is 5.08. The lowest BCUT2D eigenvalue weighted by Gasteiger charge is -2.21. The Morgan fingerprint density at radius 3 is 2.77 bits per heavy atom. The maximum atomic E-state index is 12.6. The number of anilines is 1. The lowest BCUT2D eigenvalue weighted by Crippen LogP contribution is -2.43. The largest absolute Gasteiger partial charge is 0.378 e. The summed E-state index contributed by atoms with van der Waals surface area (Å²) in [5.74, 6) is -0.0652. The van der Waals surface area contributed by atoms with Crippen LogP contribution in [0.25, 0.3) is 0 Å². The van der Waals surface area contributed by atoms with Crippen molar-refractivity contribution in [2.24, 2.45) is 0 Å². The Morgan fingerprint density at radius 1 is 1.35 bits per heavy atom. The summed E-state index contributed by atoms with van der Waals surface area (Å²) in [7, 11) is 3.90. The molecule has 0 unspecified atom stereocenters. The molecule has 1 fully saturated rings. The van der Waals surface area contributed by atoms with Crippen LogP contribution in [0.1, 0.15) is 30.6 Å². The molecule has 2 atom stereocenters. The number of benzene rings is 1. The maximum absolute atomic E-state index is 12.6. The number of carbonyl (C=O) groups is 2. The van der Waals surface area contributed by atoms with Gasteiger partial charge < -0.3 is 15.5 Å². The summed E-state index contributed by atoms with van der Waals surface area (Å²) in [6.07, 6.45) is 4.65. The van der Waals surface area contributed by atoms with Gasteiger partial charge in [0.05, 0.1) is 6.04 Å². The number of nitrogens with one attached hydrogen (secondary N) is 2. The van der Waals surface area contributed by atoms with Gasteiger partial charge in [-0.3, -0.25) is 14.5 Å². The number of rotatable bonds is 7. The zero-order valence-electron chi connectivity index (χ0n) is 16.2. The molecule has 0 aromatic heterocycles. The Morgan fingerprint density at radius 2 is 2.12 bits per heavy atom. The lowest BCUT2D eigenvalue weighted by atomic mass is 10.1. The second-order valence-corrected chi connectivity index (χ2v) is 6.78. The van der Waals surface area contributed by atoms with Crippen molar-refractivity contribution in [1.82, 2.24) is 15.5 Å². The Hall–Kier alpha value is -2.34. The number of hydrogen-bond acceptors (Lipinski definition) is 4. The quantitative estimate of drug-likeness (QED) is 0.728. The van der Waals surface area contributed by atoms with Crippen LogP contribution in [-0.4, -0.2) is 62.5 Å². The predicted octanol–water partition coefficient (Wildman–Crippen LogP) is 1.64. The molecular formula is C20H30N4O2. The molecule has 1 aliphatic heterocycles. The molecule has 6 heteroatoms. The highest BCUT2D eigenvalue weighted by Gasteiger charge is 2.36. The molecule has 0 radical (unpaired) electrons. The van der Waals surface area contributed by atoms with Crippen molar-refractivity contribution >= 4 is 17.5 Å². The molecule has 2 N–H and O–H groups in total. The molecule has 2 rings (SSSR count). The molecule has 1 heterocycles. The van der Waals surface area contributed by atoms with E-state index in [-0.39, 0.29) is 23.9 Å². The SMILES string of the molecule is C/C=C/CN1C[C@@H](NC(=O)c2cccc(N(C)C)c2)C[C@H]1C(=O)NCC. The first kappa shape index (κ1) is 20.0. The van der Waals surface area contributed by atoms with Crippen molar-refractivity contribution in [3.63, 3.8) is 0 Å². The number of amides is 2. The second kappa shape index (κ2) is 9.38. The molecular weight excluding hydrogens is 328 g/mol. The molecule has 0 aliphatic carbocycles. The number of carbonyl (C=O) groups excluding carboxylic acids is 2. The highest BCUT2D eigenvalue weighted by molar-refractivity contribution is 5.95. The highest BCUT2D eigenvalue weighted by atomic mass is 16.2. The third-order valence-electron chi connectivity index (χ3n) is 4.59. The molecule has 0 saturated carbocycles. The molecule has 26 heavy (non-hydrogen) atoms. The van der Waals surface area contributed by atoms with Crippen molar-refractivity contribution in [3.8, 4) is 0 Å². The fraction of sp³-hybridized carbons (Fsp3) is 0.500. The van der Waals surface area contributed by atoms with Gasteiger partial charge in [-0.05, 0) is 38.5 Å². The first-order valence-electron chi connectivity index (χ1n) is 9.17. The van der Waals surface area contributed by atoms with Crippen LogP contribution in [0.15, 0.2) is 36.4 Å². The average molecular weight is 358 g/mol. The van der Waals surface area contributed by atoms with Crippen LogP contribution in [0.5, 0.6) is 0 Å². The van der Waals surface area contributed by atoms with Gasteiger partial charge in [0.25, 0.3) is 5.91 Å². The van der Waals surface area contributed by atoms with Crippen molar-refractivity contribution in [2.75, 3.05) is 38.6 Å². The van der Waals surface area contributed by atoms with E-state index < -0.39 is 0 Å². The van der Waals surface area contributed by atoms with E-state index in [0.717, 1.165) is 5.69 Å². The second-order valence-electron chi connectivity index (χ2n) is 6.78. The number of nitrogens with zero attached hydrogens (tertiary/aromatic N) is 2. The first-order chi connectivity index (χ1) is 12.5. The Bertz CT molecular complexity index is 657. The van der Waals surface area contributed by atoms with Gasteiger partial charge in [0.15, 0.2) is 0 Å². The van der Waals surface area contributed by atoms with Crippen LogP contribution in [-0.2, 0) is 4.79 Å². The molecule has 2 amide bonds. The van der Waals surface area contributed by atoms with Crippen LogP contribution >= 0.6 is 0 Å². The van der Waals surface area contributed by atoms with Crippen LogP contribution in [0.4, 0.5) is 5.69 Å². The van der Waals surface area contributed by atoms with Gasteiger partial charge in [0.2, 0.25) is 5.91 Å². The van der Waals surface area contributed by atoms with E-state index >= 15 is 0 Å². The molecule has 6 nitrogen and oxygen atoms in total. The van der Waals surface area contributed by atoms with Crippen LogP contribution in [0, 0.1) is 0 Å². The summed E-state index contributed by atoms with van der Waals surface area (Å²) in [6, 6.07) is 7.30. The summed E-state index contributed by atoms with van der Waals surface area (Å²) in [6.45, 7) is 5.88. The summed E-state index contributed by atoms with van der Waals surface area (Å²) in [5.41, 5.74) is 1.62. The standard InChI is InChI=1S/C20H30N4O2/c1-5-7-11-24-14-16(13-18(24)20(26)21-6-2)22-19(25)15-9-8-10-17(12-15)23(3)4/h5,7-10,12,16,18H,6,11,13-14H2,1-4H3,(H,21,26)(H,22,25)/b7-5+/t16-,18-/m0/s1. The highest BCUT2D eigenvalue weighted by Crippen LogP contribution is 2.19. The van der Waals surface area contributed by atoms with Crippen LogP contribution in [0.3, 0.4) is 0 Å². The van der Waals surface area contributed by atoms with E-state index in [1.165, 1.54) is 0 Å². The number of hydrogen-bond donors (Lipinski definition) is 2. The van der Waals surface area contributed by atoms with Crippen LogP contribution < -0.4 is 15.5 Å². The smallest absolute Gasteiger partial charge is 0.251 e. The minimum atomic E-state index is -0.204. The fourth-order valence-corrected chi connectivity index (χ4v) is 3.21. The molecule has 0 spiro atoms. The minimum Gasteiger partial charge on any atom is -0.378 e. The molecule has 0 bridgehead atoms. The van der Waals surface area contributed by atoms with Gasteiger partial charge in [0, 0.05) is 51.0 Å². The normalized spacial score (nSPS) is 20.3. The summed E-state index contributed by atoms with van der Waals surface area (Å²) < 4.78 is 0. The van der Waals surface area contributed by atoms with Crippen molar-refractivity contribution in [1.29, 1.82) is 0 Å². The Balaban J connectivity index is 2.05. The average Bonchev–Trinajstić information content (AvgIpc) is 3.03. The molecule has 1 aliphatic rings. The minimum absolute atomic E-state index is 0.0309. The predicted molar refractivity (Wildman–Crippen MR) is 105 cm³/mol. The number of likely N-dealkylation sites (N-methyl/N-ethyl adjacent to an activating group) is 1. The summed E-state index contributed by atoms with van der Waals surface area (Å²) in [5, 5.41) is 5.99. The monoisotopic (exact) mass is 358 g/mol. The summed E-state index contributed by atoms with van der Waals surface area (Å²) in [4.78, 5) is 29.1.